The number of morpholine rings is 1. The van der Waals surface area contributed by atoms with E-state index in [4.69, 9.17) is 10.5 Å². The number of hydrogen-bond acceptors (Lipinski definition) is 4. The lowest BCUT2D eigenvalue weighted by Crippen LogP contribution is -2.35. The van der Waals surface area contributed by atoms with Crippen LogP contribution in [-0.4, -0.2) is 46.8 Å². The summed E-state index contributed by atoms with van der Waals surface area (Å²) in [7, 11) is 0. The van der Waals surface area contributed by atoms with Crippen LogP contribution in [-0.2, 0) is 11.3 Å². The lowest BCUT2D eigenvalue weighted by Gasteiger charge is -2.26. The molecule has 1 aliphatic rings. The summed E-state index contributed by atoms with van der Waals surface area (Å²) in [4.78, 5) is 18.2. The van der Waals surface area contributed by atoms with Gasteiger partial charge in [-0.15, -0.1) is 0 Å². The van der Waals surface area contributed by atoms with Crippen molar-refractivity contribution >= 4 is 17.1 Å². The predicted molar refractivity (Wildman–Crippen MR) is 96.2 cm³/mol. The number of carbonyl (C=O) groups is 1. The van der Waals surface area contributed by atoms with E-state index in [-0.39, 0.29) is 0 Å². The fourth-order valence-corrected chi connectivity index (χ4v) is 3.18. The second-order valence-corrected chi connectivity index (χ2v) is 6.25. The highest BCUT2D eigenvalue weighted by Crippen LogP contribution is 2.24. The van der Waals surface area contributed by atoms with Gasteiger partial charge >= 0.3 is 6.03 Å². The Hall–Kier alpha value is -2.70. The van der Waals surface area contributed by atoms with E-state index < -0.39 is 6.03 Å². The SMILES string of the molecule is NC(=O)n1ccc2cc(-c3ccc(CN4CCOCC4)cc3)cnc21. The van der Waals surface area contributed by atoms with E-state index in [0.29, 0.717) is 5.65 Å². The third kappa shape index (κ3) is 3.26. The van der Waals surface area contributed by atoms with Crippen LogP contribution in [0.3, 0.4) is 0 Å². The first-order chi connectivity index (χ1) is 12.2. The van der Waals surface area contributed by atoms with Crippen molar-refractivity contribution in [1.29, 1.82) is 0 Å². The standard InChI is InChI=1S/C19H20N4O2/c20-19(24)23-6-5-16-11-17(12-21-18(16)23)15-3-1-14(2-4-15)13-22-7-9-25-10-8-22/h1-6,11-12H,7-10,13H2,(H2,20,24). The maximum absolute atomic E-state index is 11.4. The second kappa shape index (κ2) is 6.66. The van der Waals surface area contributed by atoms with Gasteiger partial charge in [0, 0.05) is 43.0 Å². The molecule has 3 heterocycles. The van der Waals surface area contributed by atoms with Gasteiger partial charge in [0.1, 0.15) is 5.65 Å². The van der Waals surface area contributed by atoms with Gasteiger partial charge in [-0.05, 0) is 23.3 Å². The molecule has 25 heavy (non-hydrogen) atoms. The first kappa shape index (κ1) is 15.8. The van der Waals surface area contributed by atoms with Crippen LogP contribution in [0.25, 0.3) is 22.2 Å². The van der Waals surface area contributed by atoms with Gasteiger partial charge in [-0.1, -0.05) is 24.3 Å². The van der Waals surface area contributed by atoms with Gasteiger partial charge in [-0.3, -0.25) is 9.47 Å². The van der Waals surface area contributed by atoms with Crippen LogP contribution in [0.2, 0.25) is 0 Å². The average molecular weight is 336 g/mol. The van der Waals surface area contributed by atoms with E-state index in [2.05, 4.69) is 34.1 Å². The molecule has 0 unspecified atom stereocenters. The molecule has 0 spiro atoms. The molecule has 2 aromatic heterocycles. The second-order valence-electron chi connectivity index (χ2n) is 6.25. The Morgan fingerprint density at radius 1 is 1.12 bits per heavy atom. The number of amides is 1. The third-order valence-electron chi connectivity index (χ3n) is 4.56. The van der Waals surface area contributed by atoms with E-state index in [1.165, 1.54) is 10.1 Å². The number of benzene rings is 1. The normalized spacial score (nSPS) is 15.5. The molecule has 1 aromatic carbocycles. The number of aromatic nitrogens is 2. The van der Waals surface area contributed by atoms with E-state index >= 15 is 0 Å². The Morgan fingerprint density at radius 3 is 2.60 bits per heavy atom. The number of pyridine rings is 1. The predicted octanol–water partition coefficient (Wildman–Crippen LogP) is 2.46. The van der Waals surface area contributed by atoms with Crippen molar-refractivity contribution in [3.05, 3.63) is 54.4 Å². The van der Waals surface area contributed by atoms with Gasteiger partial charge in [0.25, 0.3) is 0 Å². The molecule has 1 amide bonds. The molecule has 128 valence electrons. The molecule has 0 saturated carbocycles. The molecule has 0 atom stereocenters. The number of ether oxygens (including phenoxy) is 1. The maximum Gasteiger partial charge on any atom is 0.324 e. The van der Waals surface area contributed by atoms with Crippen LogP contribution >= 0.6 is 0 Å². The minimum absolute atomic E-state index is 0.525. The Labute approximate surface area is 145 Å². The van der Waals surface area contributed by atoms with Crippen molar-refractivity contribution in [3.63, 3.8) is 0 Å². The molecule has 0 aliphatic carbocycles. The van der Waals surface area contributed by atoms with Crippen molar-refractivity contribution in [2.75, 3.05) is 26.3 Å². The summed E-state index contributed by atoms with van der Waals surface area (Å²) < 4.78 is 6.74. The summed E-state index contributed by atoms with van der Waals surface area (Å²) >= 11 is 0. The number of carbonyl (C=O) groups excluding carboxylic acids is 1. The first-order valence-electron chi connectivity index (χ1n) is 8.37. The summed E-state index contributed by atoms with van der Waals surface area (Å²) in [5.74, 6) is 0. The zero-order chi connectivity index (χ0) is 17.2. The van der Waals surface area contributed by atoms with Crippen molar-refractivity contribution in [1.82, 2.24) is 14.5 Å². The lowest BCUT2D eigenvalue weighted by atomic mass is 10.0. The highest BCUT2D eigenvalue weighted by atomic mass is 16.5. The van der Waals surface area contributed by atoms with E-state index in [0.717, 1.165) is 49.4 Å². The molecule has 4 rings (SSSR count). The highest BCUT2D eigenvalue weighted by molar-refractivity contribution is 5.90. The summed E-state index contributed by atoms with van der Waals surface area (Å²) in [5.41, 5.74) is 9.34. The monoisotopic (exact) mass is 336 g/mol. The van der Waals surface area contributed by atoms with Crippen LogP contribution in [0.5, 0.6) is 0 Å². The fourth-order valence-electron chi connectivity index (χ4n) is 3.18. The smallest absolute Gasteiger partial charge is 0.324 e. The Morgan fingerprint density at radius 2 is 1.88 bits per heavy atom. The molecule has 0 radical (unpaired) electrons. The van der Waals surface area contributed by atoms with Crippen molar-refractivity contribution in [2.24, 2.45) is 5.73 Å². The maximum atomic E-state index is 11.4. The van der Waals surface area contributed by atoms with Crippen molar-refractivity contribution in [3.8, 4) is 11.1 Å². The quantitative estimate of drug-likeness (QED) is 0.797. The first-order valence-corrected chi connectivity index (χ1v) is 8.37. The zero-order valence-corrected chi connectivity index (χ0v) is 13.9. The molecule has 2 N–H and O–H groups in total. The number of hydrogen-bond donors (Lipinski definition) is 1. The number of primary amides is 1. The van der Waals surface area contributed by atoms with E-state index in [1.54, 1.807) is 12.4 Å². The molecule has 1 aliphatic heterocycles. The number of nitrogens with two attached hydrogens (primary N) is 1. The molecule has 3 aromatic rings. The molecular formula is C19H20N4O2. The topological polar surface area (TPSA) is 73.4 Å². The summed E-state index contributed by atoms with van der Waals surface area (Å²) in [6, 6.07) is 11.9. The highest BCUT2D eigenvalue weighted by Gasteiger charge is 2.11. The summed E-state index contributed by atoms with van der Waals surface area (Å²) in [6.07, 6.45) is 3.42. The van der Waals surface area contributed by atoms with Crippen molar-refractivity contribution < 1.29 is 9.53 Å². The van der Waals surface area contributed by atoms with Gasteiger partial charge in [0.05, 0.1) is 13.2 Å². The molecular weight excluding hydrogens is 316 g/mol. The Balaban J connectivity index is 1.55. The molecule has 6 heteroatoms. The molecule has 6 nitrogen and oxygen atoms in total. The molecule has 0 bridgehead atoms. The number of nitrogens with zero attached hydrogens (tertiary/aromatic N) is 3. The minimum Gasteiger partial charge on any atom is -0.379 e. The molecule has 1 fully saturated rings. The number of rotatable bonds is 3. The van der Waals surface area contributed by atoms with Crippen LogP contribution < -0.4 is 5.73 Å². The molecule has 1 saturated heterocycles. The summed E-state index contributed by atoms with van der Waals surface area (Å²) in [5, 5.41) is 0.897. The minimum atomic E-state index is -0.525. The summed E-state index contributed by atoms with van der Waals surface area (Å²) in [6.45, 7) is 4.55. The van der Waals surface area contributed by atoms with Gasteiger partial charge in [0.15, 0.2) is 0 Å². The van der Waals surface area contributed by atoms with Crippen LogP contribution in [0.1, 0.15) is 5.56 Å². The van der Waals surface area contributed by atoms with Gasteiger partial charge < -0.3 is 10.5 Å². The van der Waals surface area contributed by atoms with E-state index in [9.17, 15) is 4.79 Å². The van der Waals surface area contributed by atoms with Gasteiger partial charge in [0.2, 0.25) is 0 Å². The zero-order valence-electron chi connectivity index (χ0n) is 13.9. The van der Waals surface area contributed by atoms with Crippen LogP contribution in [0.4, 0.5) is 4.79 Å². The third-order valence-corrected chi connectivity index (χ3v) is 4.56. The van der Waals surface area contributed by atoms with Gasteiger partial charge in [-0.2, -0.15) is 0 Å². The van der Waals surface area contributed by atoms with Crippen LogP contribution in [0, 0.1) is 0 Å². The van der Waals surface area contributed by atoms with Crippen molar-refractivity contribution in [2.45, 2.75) is 6.54 Å². The number of fused-ring (bicyclic) bond motifs is 1. The Kier molecular flexibility index (Phi) is 4.21. The van der Waals surface area contributed by atoms with Gasteiger partial charge in [-0.25, -0.2) is 9.78 Å². The van der Waals surface area contributed by atoms with Crippen LogP contribution in [0.15, 0.2) is 48.8 Å². The van der Waals surface area contributed by atoms with E-state index in [1.807, 2.05) is 12.1 Å². The lowest BCUT2D eigenvalue weighted by molar-refractivity contribution is 0.0342. The fraction of sp³-hybridized carbons (Fsp3) is 0.263. The Bertz CT molecular complexity index is 895. The average Bonchev–Trinajstić information content (AvgIpc) is 3.07. The largest absolute Gasteiger partial charge is 0.379 e.